The van der Waals surface area contributed by atoms with Gasteiger partial charge in [0.15, 0.2) is 0 Å². The second-order valence-electron chi connectivity index (χ2n) is 4.48. The summed E-state index contributed by atoms with van der Waals surface area (Å²) in [4.78, 5) is 8.58. The van der Waals surface area contributed by atoms with Gasteiger partial charge in [-0.1, -0.05) is 6.07 Å². The van der Waals surface area contributed by atoms with Gasteiger partial charge in [0.2, 0.25) is 0 Å². The molecule has 0 aliphatic carbocycles. The van der Waals surface area contributed by atoms with Crippen molar-refractivity contribution in [2.24, 2.45) is 0 Å². The third-order valence-electron chi connectivity index (χ3n) is 3.08. The molecule has 0 unspecified atom stereocenters. The van der Waals surface area contributed by atoms with Crippen molar-refractivity contribution in [3.8, 4) is 5.75 Å². The van der Waals surface area contributed by atoms with Crippen LogP contribution in [0.15, 0.2) is 47.2 Å². The Morgan fingerprint density at radius 3 is 2.80 bits per heavy atom. The SMILES string of the molecule is Cc1cc(O)ccc1Nc1ncnc2c(Br)cccc12. The predicted octanol–water partition coefficient (Wildman–Crippen LogP) is 4.15. The molecule has 4 nitrogen and oxygen atoms in total. The smallest absolute Gasteiger partial charge is 0.141 e. The van der Waals surface area contributed by atoms with E-state index in [-0.39, 0.29) is 5.75 Å². The highest BCUT2D eigenvalue weighted by atomic mass is 79.9. The molecule has 0 aliphatic heterocycles. The summed E-state index contributed by atoms with van der Waals surface area (Å²) in [6.07, 6.45) is 1.53. The van der Waals surface area contributed by atoms with Crippen molar-refractivity contribution in [3.63, 3.8) is 0 Å². The minimum Gasteiger partial charge on any atom is -0.508 e. The second kappa shape index (κ2) is 5.09. The van der Waals surface area contributed by atoms with Gasteiger partial charge in [-0.25, -0.2) is 9.97 Å². The lowest BCUT2D eigenvalue weighted by atomic mass is 10.1. The van der Waals surface area contributed by atoms with Crippen LogP contribution in [0, 0.1) is 6.92 Å². The largest absolute Gasteiger partial charge is 0.508 e. The summed E-state index contributed by atoms with van der Waals surface area (Å²) >= 11 is 3.49. The summed E-state index contributed by atoms with van der Waals surface area (Å²) in [5, 5.41) is 13.7. The summed E-state index contributed by atoms with van der Waals surface area (Å²) < 4.78 is 0.933. The lowest BCUT2D eigenvalue weighted by Gasteiger charge is -2.11. The number of hydrogen-bond acceptors (Lipinski definition) is 4. The minimum absolute atomic E-state index is 0.253. The Labute approximate surface area is 124 Å². The lowest BCUT2D eigenvalue weighted by molar-refractivity contribution is 0.475. The predicted molar refractivity (Wildman–Crippen MR) is 83.4 cm³/mol. The molecule has 0 bridgehead atoms. The highest BCUT2D eigenvalue weighted by Crippen LogP contribution is 2.29. The molecule has 0 fully saturated rings. The van der Waals surface area contributed by atoms with Gasteiger partial charge < -0.3 is 10.4 Å². The number of halogens is 1. The lowest BCUT2D eigenvalue weighted by Crippen LogP contribution is -1.97. The van der Waals surface area contributed by atoms with Crippen LogP contribution >= 0.6 is 15.9 Å². The van der Waals surface area contributed by atoms with Gasteiger partial charge in [-0.05, 0) is 58.7 Å². The molecule has 0 aliphatic rings. The van der Waals surface area contributed by atoms with Crippen LogP contribution in [0.5, 0.6) is 5.75 Å². The molecule has 3 rings (SSSR count). The van der Waals surface area contributed by atoms with E-state index in [9.17, 15) is 5.11 Å². The molecule has 0 radical (unpaired) electrons. The standard InChI is InChI=1S/C15H12BrN3O/c1-9-7-10(20)5-6-13(9)19-15-11-3-2-4-12(16)14(11)17-8-18-15/h2-8,20H,1H3,(H,17,18,19). The molecular weight excluding hydrogens is 318 g/mol. The average Bonchev–Trinajstić information content (AvgIpc) is 2.43. The number of nitrogens with one attached hydrogen (secondary N) is 1. The Balaban J connectivity index is 2.09. The maximum Gasteiger partial charge on any atom is 0.141 e. The Morgan fingerprint density at radius 1 is 1.15 bits per heavy atom. The zero-order valence-corrected chi connectivity index (χ0v) is 12.3. The van der Waals surface area contributed by atoms with E-state index in [4.69, 9.17) is 0 Å². The Hall–Kier alpha value is -2.14. The number of aryl methyl sites for hydroxylation is 1. The quantitative estimate of drug-likeness (QED) is 0.693. The molecule has 0 amide bonds. The third-order valence-corrected chi connectivity index (χ3v) is 3.72. The minimum atomic E-state index is 0.253. The first-order valence-corrected chi connectivity index (χ1v) is 6.90. The summed E-state index contributed by atoms with van der Waals surface area (Å²) in [6.45, 7) is 1.93. The molecule has 1 aromatic heterocycles. The number of phenols is 1. The van der Waals surface area contributed by atoms with E-state index in [1.165, 1.54) is 6.33 Å². The monoisotopic (exact) mass is 329 g/mol. The fraction of sp³-hybridized carbons (Fsp3) is 0.0667. The first-order valence-electron chi connectivity index (χ1n) is 6.11. The van der Waals surface area contributed by atoms with Crippen molar-refractivity contribution >= 4 is 38.3 Å². The van der Waals surface area contributed by atoms with Crippen molar-refractivity contribution in [1.29, 1.82) is 0 Å². The van der Waals surface area contributed by atoms with Gasteiger partial charge in [-0.3, -0.25) is 0 Å². The van der Waals surface area contributed by atoms with E-state index in [0.29, 0.717) is 0 Å². The molecule has 0 spiro atoms. The van der Waals surface area contributed by atoms with Crippen molar-refractivity contribution < 1.29 is 5.11 Å². The maximum atomic E-state index is 9.45. The molecule has 20 heavy (non-hydrogen) atoms. The van der Waals surface area contributed by atoms with Crippen LogP contribution in [-0.4, -0.2) is 15.1 Å². The summed E-state index contributed by atoms with van der Waals surface area (Å²) in [5.41, 5.74) is 2.72. The molecule has 2 N–H and O–H groups in total. The Bertz CT molecular complexity index is 789. The van der Waals surface area contributed by atoms with E-state index < -0.39 is 0 Å². The van der Waals surface area contributed by atoms with Crippen LogP contribution in [0.2, 0.25) is 0 Å². The van der Waals surface area contributed by atoms with Crippen LogP contribution in [0.4, 0.5) is 11.5 Å². The Morgan fingerprint density at radius 2 is 2.00 bits per heavy atom. The van der Waals surface area contributed by atoms with E-state index >= 15 is 0 Å². The van der Waals surface area contributed by atoms with E-state index in [0.717, 1.165) is 32.4 Å². The number of benzene rings is 2. The van der Waals surface area contributed by atoms with Gasteiger partial charge in [-0.2, -0.15) is 0 Å². The number of hydrogen-bond donors (Lipinski definition) is 2. The van der Waals surface area contributed by atoms with Crippen molar-refractivity contribution in [2.75, 3.05) is 5.32 Å². The topological polar surface area (TPSA) is 58.0 Å². The molecular formula is C15H12BrN3O. The van der Waals surface area contributed by atoms with Gasteiger partial charge >= 0.3 is 0 Å². The number of aromatic hydroxyl groups is 1. The molecule has 0 atom stereocenters. The Kier molecular flexibility index (Phi) is 3.28. The number of rotatable bonds is 2. The summed E-state index contributed by atoms with van der Waals surface area (Å²) in [5.74, 6) is 0.994. The van der Waals surface area contributed by atoms with Gasteiger partial charge in [0.25, 0.3) is 0 Å². The molecule has 0 saturated carbocycles. The number of nitrogens with zero attached hydrogens (tertiary/aromatic N) is 2. The number of phenolic OH excluding ortho intramolecular Hbond substituents is 1. The average molecular weight is 330 g/mol. The van der Waals surface area contributed by atoms with Gasteiger partial charge in [-0.15, -0.1) is 0 Å². The molecule has 1 heterocycles. The van der Waals surface area contributed by atoms with Crippen LogP contribution in [0.3, 0.4) is 0 Å². The van der Waals surface area contributed by atoms with Crippen molar-refractivity contribution in [3.05, 3.63) is 52.8 Å². The van der Waals surface area contributed by atoms with E-state index in [1.807, 2.05) is 31.2 Å². The number of fused-ring (bicyclic) bond motifs is 1. The fourth-order valence-electron chi connectivity index (χ4n) is 2.07. The zero-order chi connectivity index (χ0) is 14.1. The maximum absolute atomic E-state index is 9.45. The number of anilines is 2. The summed E-state index contributed by atoms with van der Waals surface area (Å²) in [7, 11) is 0. The third kappa shape index (κ3) is 2.32. The van der Waals surface area contributed by atoms with E-state index in [2.05, 4.69) is 31.2 Å². The molecule has 0 saturated heterocycles. The van der Waals surface area contributed by atoms with Gasteiger partial charge in [0.1, 0.15) is 17.9 Å². The molecule has 2 aromatic carbocycles. The van der Waals surface area contributed by atoms with Gasteiger partial charge in [0.05, 0.1) is 5.52 Å². The first-order chi connectivity index (χ1) is 9.65. The van der Waals surface area contributed by atoms with Crippen molar-refractivity contribution in [2.45, 2.75) is 6.92 Å². The van der Waals surface area contributed by atoms with E-state index in [1.54, 1.807) is 12.1 Å². The fourth-order valence-corrected chi connectivity index (χ4v) is 2.54. The van der Waals surface area contributed by atoms with Crippen LogP contribution in [0.1, 0.15) is 5.56 Å². The molecule has 5 heteroatoms. The van der Waals surface area contributed by atoms with Crippen LogP contribution in [-0.2, 0) is 0 Å². The van der Waals surface area contributed by atoms with Crippen LogP contribution in [0.25, 0.3) is 10.9 Å². The van der Waals surface area contributed by atoms with Crippen LogP contribution < -0.4 is 5.32 Å². The normalized spacial score (nSPS) is 10.7. The highest BCUT2D eigenvalue weighted by Gasteiger charge is 2.07. The number of para-hydroxylation sites is 1. The molecule has 3 aromatic rings. The van der Waals surface area contributed by atoms with Gasteiger partial charge in [0, 0.05) is 15.5 Å². The zero-order valence-electron chi connectivity index (χ0n) is 10.8. The number of aromatic nitrogens is 2. The molecule has 100 valence electrons. The summed E-state index contributed by atoms with van der Waals surface area (Å²) in [6, 6.07) is 11.1. The second-order valence-corrected chi connectivity index (χ2v) is 5.34. The first kappa shape index (κ1) is 12.9. The van der Waals surface area contributed by atoms with Crippen molar-refractivity contribution in [1.82, 2.24) is 9.97 Å². The highest BCUT2D eigenvalue weighted by molar-refractivity contribution is 9.10.